The van der Waals surface area contributed by atoms with E-state index in [-0.39, 0.29) is 5.75 Å². The summed E-state index contributed by atoms with van der Waals surface area (Å²) in [7, 11) is 1.34. The third-order valence-corrected chi connectivity index (χ3v) is 1.31. The van der Waals surface area contributed by atoms with Gasteiger partial charge in [0.05, 0.1) is 12.8 Å². The van der Waals surface area contributed by atoms with Gasteiger partial charge >= 0.3 is 0 Å². The Balaban J connectivity index is 3.13. The van der Waals surface area contributed by atoms with E-state index in [0.29, 0.717) is 5.69 Å². The second-order valence-electron chi connectivity index (χ2n) is 2.02. The number of carbonyl (C=O) groups excluding carboxylic acids is 1. The van der Waals surface area contributed by atoms with Crippen LogP contribution in [0.3, 0.4) is 0 Å². The maximum atomic E-state index is 12.7. The highest BCUT2D eigenvalue weighted by molar-refractivity contribution is 5.51. The number of methoxy groups -OCH3 is 1. The van der Waals surface area contributed by atoms with Gasteiger partial charge in [-0.3, -0.25) is 0 Å². The van der Waals surface area contributed by atoms with E-state index in [1.807, 2.05) is 0 Å². The van der Waals surface area contributed by atoms with Crippen LogP contribution in [0.25, 0.3) is 0 Å². The van der Waals surface area contributed by atoms with Crippen molar-refractivity contribution in [3.05, 3.63) is 24.0 Å². The number of hydrogen-bond acceptors (Lipinski definition) is 3. The Hall–Kier alpha value is -1.67. The Morgan fingerprint density at radius 1 is 1.58 bits per heavy atom. The Morgan fingerprint density at radius 3 is 2.92 bits per heavy atom. The zero-order chi connectivity index (χ0) is 8.97. The molecule has 3 nitrogen and oxygen atoms in total. The molecule has 0 fully saturated rings. The quantitative estimate of drug-likeness (QED) is 0.497. The maximum Gasteiger partial charge on any atom is 0.240 e. The highest BCUT2D eigenvalue weighted by Crippen LogP contribution is 2.22. The number of rotatable bonds is 2. The first-order chi connectivity index (χ1) is 5.77. The van der Waals surface area contributed by atoms with Gasteiger partial charge in [0.25, 0.3) is 0 Å². The van der Waals surface area contributed by atoms with Gasteiger partial charge < -0.3 is 4.74 Å². The first-order valence-electron chi connectivity index (χ1n) is 3.19. The molecular formula is C8H6FNO2. The topological polar surface area (TPSA) is 38.7 Å². The molecule has 0 bridgehead atoms. The van der Waals surface area contributed by atoms with Gasteiger partial charge in [-0.05, 0) is 12.1 Å². The zero-order valence-corrected chi connectivity index (χ0v) is 6.37. The lowest BCUT2D eigenvalue weighted by Gasteiger charge is -2.00. The van der Waals surface area contributed by atoms with Crippen LogP contribution in [0.5, 0.6) is 5.75 Å². The molecule has 1 aromatic carbocycles. The van der Waals surface area contributed by atoms with Crippen molar-refractivity contribution in [2.75, 3.05) is 7.11 Å². The van der Waals surface area contributed by atoms with Crippen LogP contribution in [-0.4, -0.2) is 13.2 Å². The molecule has 0 unspecified atom stereocenters. The van der Waals surface area contributed by atoms with Crippen molar-refractivity contribution in [2.24, 2.45) is 4.99 Å². The fourth-order valence-corrected chi connectivity index (χ4v) is 0.771. The molecule has 62 valence electrons. The summed E-state index contributed by atoms with van der Waals surface area (Å²) in [4.78, 5) is 13.1. The molecular weight excluding hydrogens is 161 g/mol. The molecule has 0 aliphatic rings. The van der Waals surface area contributed by atoms with Gasteiger partial charge in [-0.15, -0.1) is 0 Å². The second kappa shape index (κ2) is 3.64. The van der Waals surface area contributed by atoms with Crippen LogP contribution in [0.1, 0.15) is 0 Å². The molecule has 1 rings (SSSR count). The van der Waals surface area contributed by atoms with Crippen molar-refractivity contribution >= 4 is 11.8 Å². The molecule has 0 N–H and O–H groups in total. The number of halogens is 1. The molecule has 0 aromatic heterocycles. The van der Waals surface area contributed by atoms with E-state index in [0.717, 1.165) is 0 Å². The summed E-state index contributed by atoms with van der Waals surface area (Å²) in [6.45, 7) is 0. The van der Waals surface area contributed by atoms with Crippen molar-refractivity contribution in [3.8, 4) is 5.75 Å². The van der Waals surface area contributed by atoms with E-state index >= 15 is 0 Å². The van der Waals surface area contributed by atoms with Crippen molar-refractivity contribution in [1.29, 1.82) is 0 Å². The lowest BCUT2D eigenvalue weighted by molar-refractivity contribution is 0.387. The van der Waals surface area contributed by atoms with Crippen LogP contribution in [0, 0.1) is 5.82 Å². The molecule has 0 heterocycles. The van der Waals surface area contributed by atoms with E-state index in [1.54, 1.807) is 0 Å². The highest BCUT2D eigenvalue weighted by atomic mass is 19.1. The average Bonchev–Trinajstić information content (AvgIpc) is 2.09. The number of benzene rings is 1. The molecule has 0 aliphatic heterocycles. The van der Waals surface area contributed by atoms with Gasteiger partial charge in [0, 0.05) is 6.07 Å². The Labute approximate surface area is 68.5 Å². The van der Waals surface area contributed by atoms with Crippen LogP contribution in [-0.2, 0) is 4.79 Å². The van der Waals surface area contributed by atoms with Gasteiger partial charge in [0.1, 0.15) is 0 Å². The molecule has 0 saturated carbocycles. The Bertz CT molecular complexity index is 332. The van der Waals surface area contributed by atoms with Crippen LogP contribution in [0.2, 0.25) is 0 Å². The predicted molar refractivity (Wildman–Crippen MR) is 40.7 cm³/mol. The van der Waals surface area contributed by atoms with E-state index in [1.165, 1.54) is 31.4 Å². The standard InChI is InChI=1S/C8H6FNO2/c1-12-8-4-6(10-5-11)2-3-7(8)9/h2-4H,1H3. The third-order valence-electron chi connectivity index (χ3n) is 1.31. The fourth-order valence-electron chi connectivity index (χ4n) is 0.771. The summed E-state index contributed by atoms with van der Waals surface area (Å²) in [6, 6.07) is 3.86. The summed E-state index contributed by atoms with van der Waals surface area (Å²) in [6.07, 6.45) is 1.35. The lowest BCUT2D eigenvalue weighted by atomic mass is 10.3. The van der Waals surface area contributed by atoms with Gasteiger partial charge in [-0.2, -0.15) is 4.99 Å². The minimum Gasteiger partial charge on any atom is -0.494 e. The largest absolute Gasteiger partial charge is 0.494 e. The number of ether oxygens (including phenoxy) is 1. The van der Waals surface area contributed by atoms with E-state index in [4.69, 9.17) is 0 Å². The summed E-state index contributed by atoms with van der Waals surface area (Å²) in [5.74, 6) is -0.422. The Morgan fingerprint density at radius 2 is 2.33 bits per heavy atom. The van der Waals surface area contributed by atoms with Crippen molar-refractivity contribution in [2.45, 2.75) is 0 Å². The van der Waals surface area contributed by atoms with Crippen LogP contribution < -0.4 is 4.74 Å². The third kappa shape index (κ3) is 1.68. The monoisotopic (exact) mass is 167 g/mol. The number of hydrogen-bond donors (Lipinski definition) is 0. The molecule has 0 amide bonds. The van der Waals surface area contributed by atoms with Crippen LogP contribution in [0.4, 0.5) is 10.1 Å². The Kier molecular flexibility index (Phi) is 2.56. The zero-order valence-electron chi connectivity index (χ0n) is 6.37. The fraction of sp³-hybridized carbons (Fsp3) is 0.125. The van der Waals surface area contributed by atoms with E-state index in [2.05, 4.69) is 9.73 Å². The minimum atomic E-state index is -0.484. The van der Waals surface area contributed by atoms with E-state index in [9.17, 15) is 9.18 Å². The lowest BCUT2D eigenvalue weighted by Crippen LogP contribution is -1.86. The second-order valence-corrected chi connectivity index (χ2v) is 2.02. The van der Waals surface area contributed by atoms with Crippen LogP contribution in [0.15, 0.2) is 23.2 Å². The van der Waals surface area contributed by atoms with Gasteiger partial charge in [-0.25, -0.2) is 9.18 Å². The summed E-state index contributed by atoms with van der Waals surface area (Å²) < 4.78 is 17.4. The van der Waals surface area contributed by atoms with Gasteiger partial charge in [-0.1, -0.05) is 0 Å². The average molecular weight is 167 g/mol. The molecule has 1 aromatic rings. The van der Waals surface area contributed by atoms with E-state index < -0.39 is 5.82 Å². The molecule has 0 aliphatic carbocycles. The molecule has 0 atom stereocenters. The molecule has 0 spiro atoms. The number of isocyanates is 1. The molecule has 0 saturated heterocycles. The number of nitrogens with zero attached hydrogens (tertiary/aromatic N) is 1. The summed E-state index contributed by atoms with van der Waals surface area (Å²) >= 11 is 0. The maximum absolute atomic E-state index is 12.7. The summed E-state index contributed by atoms with van der Waals surface area (Å²) in [5, 5.41) is 0. The highest BCUT2D eigenvalue weighted by Gasteiger charge is 2.01. The van der Waals surface area contributed by atoms with Gasteiger partial charge in [0.15, 0.2) is 11.6 Å². The predicted octanol–water partition coefficient (Wildman–Crippen LogP) is 1.80. The first kappa shape index (κ1) is 8.43. The normalized spacial score (nSPS) is 8.83. The summed E-state index contributed by atoms with van der Waals surface area (Å²) in [5.41, 5.74) is 0.322. The molecule has 0 radical (unpaired) electrons. The van der Waals surface area contributed by atoms with Crippen molar-refractivity contribution < 1.29 is 13.9 Å². The first-order valence-corrected chi connectivity index (χ1v) is 3.19. The SMILES string of the molecule is COc1cc(N=C=O)ccc1F. The molecule has 4 heteroatoms. The smallest absolute Gasteiger partial charge is 0.240 e. The van der Waals surface area contributed by atoms with Crippen molar-refractivity contribution in [1.82, 2.24) is 0 Å². The van der Waals surface area contributed by atoms with Gasteiger partial charge in [0.2, 0.25) is 6.08 Å². The van der Waals surface area contributed by atoms with Crippen molar-refractivity contribution in [3.63, 3.8) is 0 Å². The molecule has 12 heavy (non-hydrogen) atoms. The minimum absolute atomic E-state index is 0.0616. The van der Waals surface area contributed by atoms with Crippen LogP contribution >= 0.6 is 0 Å². The number of aliphatic imine (C=N–C) groups is 1.